The Morgan fingerprint density at radius 1 is 1.10 bits per heavy atom. The Morgan fingerprint density at radius 3 is 2.60 bits per heavy atom. The van der Waals surface area contributed by atoms with Gasteiger partial charge in [0.2, 0.25) is 0 Å². The van der Waals surface area contributed by atoms with Crippen LogP contribution in [0.4, 0.5) is 0 Å². The monoisotopic (exact) mass is 271 g/mol. The Balaban J connectivity index is 1.84. The van der Waals surface area contributed by atoms with Crippen LogP contribution in [0.3, 0.4) is 0 Å². The van der Waals surface area contributed by atoms with E-state index in [-0.39, 0.29) is 12.1 Å². The van der Waals surface area contributed by atoms with Crippen LogP contribution in [0.15, 0.2) is 48.5 Å². The first kappa shape index (κ1) is 12.8. The van der Waals surface area contributed by atoms with Crippen LogP contribution in [0.25, 0.3) is 0 Å². The van der Waals surface area contributed by atoms with Crippen LogP contribution in [-0.2, 0) is 0 Å². The summed E-state index contributed by atoms with van der Waals surface area (Å²) in [5.41, 5.74) is 7.24. The minimum absolute atomic E-state index is 0.235. The van der Waals surface area contributed by atoms with Crippen molar-refractivity contribution < 1.29 is 14.2 Å². The second kappa shape index (κ2) is 5.43. The van der Waals surface area contributed by atoms with Crippen LogP contribution in [0, 0.1) is 0 Å². The van der Waals surface area contributed by atoms with E-state index in [1.54, 1.807) is 7.11 Å². The Labute approximate surface area is 118 Å². The summed E-state index contributed by atoms with van der Waals surface area (Å²) in [6.07, 6.45) is -0.235. The summed E-state index contributed by atoms with van der Waals surface area (Å²) in [7, 11) is 1.64. The van der Waals surface area contributed by atoms with Crippen LogP contribution < -0.4 is 19.9 Å². The van der Waals surface area contributed by atoms with E-state index < -0.39 is 0 Å². The molecule has 4 heteroatoms. The summed E-state index contributed by atoms with van der Waals surface area (Å²) in [5, 5.41) is 0. The van der Waals surface area contributed by atoms with Crippen LogP contribution >= 0.6 is 0 Å². The molecule has 20 heavy (non-hydrogen) atoms. The van der Waals surface area contributed by atoms with E-state index in [0.29, 0.717) is 6.61 Å². The van der Waals surface area contributed by atoms with Crippen molar-refractivity contribution in [2.24, 2.45) is 5.73 Å². The molecule has 0 radical (unpaired) electrons. The van der Waals surface area contributed by atoms with Gasteiger partial charge in [0.15, 0.2) is 17.6 Å². The molecule has 2 aromatic carbocycles. The maximum Gasteiger partial charge on any atom is 0.161 e. The van der Waals surface area contributed by atoms with Gasteiger partial charge in [0.05, 0.1) is 13.2 Å². The lowest BCUT2D eigenvalue weighted by Gasteiger charge is -2.31. The largest absolute Gasteiger partial charge is 0.496 e. The van der Waals surface area contributed by atoms with Gasteiger partial charge in [0.1, 0.15) is 12.4 Å². The molecule has 2 unspecified atom stereocenters. The average Bonchev–Trinajstić information content (AvgIpc) is 2.53. The van der Waals surface area contributed by atoms with Crippen molar-refractivity contribution >= 4 is 0 Å². The third-order valence-corrected chi connectivity index (χ3v) is 3.43. The molecule has 2 atom stereocenters. The molecule has 1 aliphatic rings. The van der Waals surface area contributed by atoms with Gasteiger partial charge in [-0.05, 0) is 18.2 Å². The van der Waals surface area contributed by atoms with Crippen molar-refractivity contribution in [2.75, 3.05) is 13.7 Å². The molecule has 3 rings (SSSR count). The fraction of sp³-hybridized carbons (Fsp3) is 0.250. The summed E-state index contributed by atoms with van der Waals surface area (Å²) in [6.45, 7) is 0.427. The average molecular weight is 271 g/mol. The minimum atomic E-state index is -0.306. The maximum absolute atomic E-state index is 6.32. The summed E-state index contributed by atoms with van der Waals surface area (Å²) in [4.78, 5) is 0. The molecule has 2 N–H and O–H groups in total. The smallest absolute Gasteiger partial charge is 0.161 e. The standard InChI is InChI=1S/C16H17NO3/c1-18-12-7-3-2-6-11(12)16(17)15-10-19-13-8-4-5-9-14(13)20-15/h2-9,15-16H,10,17H2,1H3. The van der Waals surface area contributed by atoms with Crippen molar-refractivity contribution in [1.29, 1.82) is 0 Å². The van der Waals surface area contributed by atoms with Crippen molar-refractivity contribution in [3.63, 3.8) is 0 Å². The molecule has 0 fully saturated rings. The Hall–Kier alpha value is -2.20. The molecule has 0 saturated heterocycles. The van der Waals surface area contributed by atoms with Crippen molar-refractivity contribution in [2.45, 2.75) is 12.1 Å². The zero-order chi connectivity index (χ0) is 13.9. The SMILES string of the molecule is COc1ccccc1C(N)C1COc2ccccc2O1. The fourth-order valence-corrected chi connectivity index (χ4v) is 2.35. The number of para-hydroxylation sites is 3. The Kier molecular flexibility index (Phi) is 3.48. The van der Waals surface area contributed by atoms with E-state index in [0.717, 1.165) is 22.8 Å². The molecule has 0 aliphatic carbocycles. The number of fused-ring (bicyclic) bond motifs is 1. The molecule has 0 bridgehead atoms. The van der Waals surface area contributed by atoms with E-state index >= 15 is 0 Å². The van der Waals surface area contributed by atoms with E-state index in [2.05, 4.69) is 0 Å². The second-order valence-electron chi connectivity index (χ2n) is 4.68. The fourth-order valence-electron chi connectivity index (χ4n) is 2.35. The molecule has 2 aromatic rings. The normalized spacial score (nSPS) is 18.4. The first-order valence-corrected chi connectivity index (χ1v) is 6.56. The van der Waals surface area contributed by atoms with Gasteiger partial charge in [-0.25, -0.2) is 0 Å². The lowest BCUT2D eigenvalue weighted by molar-refractivity contribution is 0.0715. The molecular weight excluding hydrogens is 254 g/mol. The molecule has 0 spiro atoms. The predicted molar refractivity (Wildman–Crippen MR) is 76.3 cm³/mol. The van der Waals surface area contributed by atoms with Crippen LogP contribution in [0.2, 0.25) is 0 Å². The van der Waals surface area contributed by atoms with E-state index in [9.17, 15) is 0 Å². The van der Waals surface area contributed by atoms with Gasteiger partial charge < -0.3 is 19.9 Å². The summed E-state index contributed by atoms with van der Waals surface area (Å²) < 4.78 is 17.0. The molecule has 0 aromatic heterocycles. The van der Waals surface area contributed by atoms with E-state index in [4.69, 9.17) is 19.9 Å². The molecule has 0 amide bonds. The van der Waals surface area contributed by atoms with Crippen LogP contribution in [-0.4, -0.2) is 19.8 Å². The molecule has 104 valence electrons. The third-order valence-electron chi connectivity index (χ3n) is 3.43. The zero-order valence-corrected chi connectivity index (χ0v) is 11.3. The third kappa shape index (κ3) is 2.30. The lowest BCUT2D eigenvalue weighted by Crippen LogP contribution is -2.39. The molecular formula is C16H17NO3. The quantitative estimate of drug-likeness (QED) is 0.932. The second-order valence-corrected chi connectivity index (χ2v) is 4.68. The van der Waals surface area contributed by atoms with E-state index in [1.165, 1.54) is 0 Å². The Bertz CT molecular complexity index is 600. The van der Waals surface area contributed by atoms with Gasteiger partial charge in [-0.1, -0.05) is 30.3 Å². The summed E-state index contributed by atoms with van der Waals surface area (Å²) >= 11 is 0. The highest BCUT2D eigenvalue weighted by Crippen LogP contribution is 2.35. The predicted octanol–water partition coefficient (Wildman–Crippen LogP) is 2.54. The van der Waals surface area contributed by atoms with Crippen LogP contribution in [0.5, 0.6) is 17.2 Å². The first-order chi connectivity index (χ1) is 9.79. The highest BCUT2D eigenvalue weighted by molar-refractivity contribution is 5.42. The highest BCUT2D eigenvalue weighted by atomic mass is 16.6. The molecule has 1 heterocycles. The van der Waals surface area contributed by atoms with Crippen molar-refractivity contribution in [3.05, 3.63) is 54.1 Å². The summed E-state index contributed by atoms with van der Waals surface area (Å²) in [6, 6.07) is 15.0. The van der Waals surface area contributed by atoms with Crippen LogP contribution in [0.1, 0.15) is 11.6 Å². The first-order valence-electron chi connectivity index (χ1n) is 6.56. The topological polar surface area (TPSA) is 53.7 Å². The summed E-state index contributed by atoms with van der Waals surface area (Å²) in [5.74, 6) is 2.26. The van der Waals surface area contributed by atoms with Crippen molar-refractivity contribution in [1.82, 2.24) is 0 Å². The van der Waals surface area contributed by atoms with Gasteiger partial charge in [0.25, 0.3) is 0 Å². The lowest BCUT2D eigenvalue weighted by atomic mass is 10.0. The number of hydrogen-bond acceptors (Lipinski definition) is 4. The number of hydrogen-bond donors (Lipinski definition) is 1. The molecule has 0 saturated carbocycles. The number of benzene rings is 2. The maximum atomic E-state index is 6.32. The van der Waals surface area contributed by atoms with Gasteiger partial charge >= 0.3 is 0 Å². The molecule has 1 aliphatic heterocycles. The van der Waals surface area contributed by atoms with Gasteiger partial charge in [-0.2, -0.15) is 0 Å². The van der Waals surface area contributed by atoms with Gasteiger partial charge in [0, 0.05) is 5.56 Å². The zero-order valence-electron chi connectivity index (χ0n) is 11.3. The van der Waals surface area contributed by atoms with Crippen molar-refractivity contribution in [3.8, 4) is 17.2 Å². The molecule has 4 nitrogen and oxygen atoms in total. The number of rotatable bonds is 3. The number of methoxy groups -OCH3 is 1. The minimum Gasteiger partial charge on any atom is -0.496 e. The Morgan fingerprint density at radius 2 is 1.80 bits per heavy atom. The number of ether oxygens (including phenoxy) is 3. The van der Waals surface area contributed by atoms with Gasteiger partial charge in [-0.15, -0.1) is 0 Å². The van der Waals surface area contributed by atoms with E-state index in [1.807, 2.05) is 48.5 Å². The van der Waals surface area contributed by atoms with Gasteiger partial charge in [-0.3, -0.25) is 0 Å². The number of nitrogens with two attached hydrogens (primary N) is 1. The highest BCUT2D eigenvalue weighted by Gasteiger charge is 2.29.